The van der Waals surface area contributed by atoms with E-state index in [1.54, 1.807) is 18.3 Å². The molecule has 0 unspecified atom stereocenters. The number of nitrogens with zero attached hydrogens (tertiary/aromatic N) is 3. The topological polar surface area (TPSA) is 88.1 Å². The predicted molar refractivity (Wildman–Crippen MR) is 64.8 cm³/mol. The molecule has 1 aromatic rings. The second-order valence-corrected chi connectivity index (χ2v) is 5.44. The highest BCUT2D eigenvalue weighted by molar-refractivity contribution is 7.89. The van der Waals surface area contributed by atoms with Crippen molar-refractivity contribution in [2.75, 3.05) is 11.4 Å². The summed E-state index contributed by atoms with van der Waals surface area (Å²) in [5, 5.41) is 5.09. The Kier molecular flexibility index (Phi) is 2.07. The van der Waals surface area contributed by atoms with Gasteiger partial charge in [-0.05, 0) is 23.8 Å². The Morgan fingerprint density at radius 2 is 2.18 bits per heavy atom. The van der Waals surface area contributed by atoms with Crippen molar-refractivity contribution in [1.29, 1.82) is 0 Å². The van der Waals surface area contributed by atoms with Crippen molar-refractivity contribution in [1.82, 2.24) is 0 Å². The largest absolute Gasteiger partial charge is 0.305 e. The second kappa shape index (κ2) is 3.38. The molecular formula is C10H10N4O2S. The number of aliphatic imine (C=N–C) groups is 2. The molecule has 2 aliphatic heterocycles. The van der Waals surface area contributed by atoms with Crippen LogP contribution in [0.4, 0.5) is 5.69 Å². The van der Waals surface area contributed by atoms with E-state index in [0.29, 0.717) is 19.0 Å². The van der Waals surface area contributed by atoms with Crippen LogP contribution in [0, 0.1) is 0 Å². The number of hydrogen-bond donors (Lipinski definition) is 1. The summed E-state index contributed by atoms with van der Waals surface area (Å²) in [5.41, 5.74) is 1.80. The number of rotatable bonds is 1. The van der Waals surface area contributed by atoms with Gasteiger partial charge in [0, 0.05) is 11.9 Å². The fourth-order valence-corrected chi connectivity index (χ4v) is 2.54. The third-order valence-corrected chi connectivity index (χ3v) is 3.68. The molecule has 1 aromatic carbocycles. The maximum Gasteiger partial charge on any atom is 0.238 e. The molecule has 6 nitrogen and oxygen atoms in total. The quantitative estimate of drug-likeness (QED) is 0.766. The Bertz CT molecular complexity index is 648. The van der Waals surface area contributed by atoms with Crippen molar-refractivity contribution in [3.05, 3.63) is 23.8 Å². The molecule has 0 aromatic heterocycles. The van der Waals surface area contributed by atoms with Gasteiger partial charge >= 0.3 is 0 Å². The normalized spacial score (nSPS) is 17.7. The maximum atomic E-state index is 11.3. The molecule has 2 N–H and O–H groups in total. The highest BCUT2D eigenvalue weighted by Crippen LogP contribution is 2.29. The summed E-state index contributed by atoms with van der Waals surface area (Å²) in [6, 6.07) is 4.83. The number of nitrogens with two attached hydrogens (primary N) is 1. The zero-order valence-corrected chi connectivity index (χ0v) is 9.68. The van der Waals surface area contributed by atoms with E-state index in [-0.39, 0.29) is 4.90 Å². The van der Waals surface area contributed by atoms with Crippen LogP contribution in [0.5, 0.6) is 0 Å². The second-order valence-electron chi connectivity index (χ2n) is 3.87. The molecule has 3 rings (SSSR count). The van der Waals surface area contributed by atoms with Crippen LogP contribution in [0.15, 0.2) is 33.1 Å². The molecular weight excluding hydrogens is 240 g/mol. The lowest BCUT2D eigenvalue weighted by Crippen LogP contribution is -2.29. The molecule has 0 amide bonds. The van der Waals surface area contributed by atoms with Crippen LogP contribution >= 0.6 is 0 Å². The van der Waals surface area contributed by atoms with E-state index in [0.717, 1.165) is 11.3 Å². The summed E-state index contributed by atoms with van der Waals surface area (Å²) < 4.78 is 22.5. The smallest absolute Gasteiger partial charge is 0.238 e. The molecule has 0 saturated heterocycles. The van der Waals surface area contributed by atoms with Gasteiger partial charge in [0.2, 0.25) is 16.0 Å². The highest BCUT2D eigenvalue weighted by Gasteiger charge is 2.24. The van der Waals surface area contributed by atoms with E-state index in [1.807, 2.05) is 4.90 Å². The number of primary sulfonamides is 1. The molecule has 7 heteroatoms. The molecule has 0 atom stereocenters. The van der Waals surface area contributed by atoms with Gasteiger partial charge in [0.25, 0.3) is 0 Å². The van der Waals surface area contributed by atoms with Gasteiger partial charge in [0.1, 0.15) is 0 Å². The summed E-state index contributed by atoms with van der Waals surface area (Å²) in [5.74, 6) is 0.681. The van der Waals surface area contributed by atoms with Crippen LogP contribution in [0.1, 0.15) is 5.56 Å². The van der Waals surface area contributed by atoms with Crippen molar-refractivity contribution < 1.29 is 8.42 Å². The molecule has 2 aliphatic rings. The SMILES string of the molecule is NS(=O)(=O)c1ccc2c(c1)CN=C1N=CCN12. The Hall–Kier alpha value is -1.73. The number of hydrogen-bond acceptors (Lipinski definition) is 5. The minimum Gasteiger partial charge on any atom is -0.305 e. The summed E-state index contributed by atoms with van der Waals surface area (Å²) in [4.78, 5) is 10.5. The molecule has 2 heterocycles. The average Bonchev–Trinajstić information content (AvgIpc) is 2.75. The van der Waals surface area contributed by atoms with E-state index in [2.05, 4.69) is 9.98 Å². The first-order chi connectivity index (χ1) is 8.05. The minimum atomic E-state index is -3.66. The van der Waals surface area contributed by atoms with Gasteiger partial charge < -0.3 is 4.90 Å². The van der Waals surface area contributed by atoms with Crippen molar-refractivity contribution in [2.24, 2.45) is 15.1 Å². The first-order valence-electron chi connectivity index (χ1n) is 5.06. The predicted octanol–water partition coefficient (Wildman–Crippen LogP) is 0.0944. The van der Waals surface area contributed by atoms with Crippen molar-refractivity contribution >= 4 is 27.9 Å². The first kappa shape index (κ1) is 10.4. The van der Waals surface area contributed by atoms with Crippen molar-refractivity contribution in [3.63, 3.8) is 0 Å². The maximum absolute atomic E-state index is 11.3. The van der Waals surface area contributed by atoms with E-state index >= 15 is 0 Å². The Labute approximate surface area is 98.5 Å². The number of anilines is 1. The molecule has 0 saturated carbocycles. The summed E-state index contributed by atoms with van der Waals surface area (Å²) in [6.45, 7) is 1.10. The third-order valence-electron chi connectivity index (χ3n) is 2.77. The summed E-state index contributed by atoms with van der Waals surface area (Å²) >= 11 is 0. The van der Waals surface area contributed by atoms with Gasteiger partial charge in [0.05, 0.1) is 18.0 Å². The van der Waals surface area contributed by atoms with Gasteiger partial charge in [-0.3, -0.25) is 0 Å². The molecule has 88 valence electrons. The summed E-state index contributed by atoms with van der Waals surface area (Å²) in [7, 11) is -3.66. The fourth-order valence-electron chi connectivity index (χ4n) is 1.97. The molecule has 0 bridgehead atoms. The number of benzene rings is 1. The molecule has 0 fully saturated rings. The van der Waals surface area contributed by atoms with Crippen LogP contribution in [0.25, 0.3) is 0 Å². The monoisotopic (exact) mass is 250 g/mol. The highest BCUT2D eigenvalue weighted by atomic mass is 32.2. The van der Waals surface area contributed by atoms with E-state index in [4.69, 9.17) is 5.14 Å². The van der Waals surface area contributed by atoms with Gasteiger partial charge in [-0.1, -0.05) is 0 Å². The average molecular weight is 250 g/mol. The standard InChI is InChI=1S/C10H10N4O2S/c11-17(15,16)8-1-2-9-7(5-8)6-13-10-12-3-4-14(9)10/h1-3,5H,4,6H2,(H2,11,15,16). The number of sulfonamides is 1. The van der Waals surface area contributed by atoms with Crippen LogP contribution in [-0.2, 0) is 16.6 Å². The van der Waals surface area contributed by atoms with E-state index in [1.165, 1.54) is 6.07 Å². The minimum absolute atomic E-state index is 0.120. The van der Waals surface area contributed by atoms with Crippen LogP contribution in [-0.4, -0.2) is 27.1 Å². The van der Waals surface area contributed by atoms with Crippen LogP contribution in [0.3, 0.4) is 0 Å². The van der Waals surface area contributed by atoms with Crippen molar-refractivity contribution in [3.8, 4) is 0 Å². The number of guanidine groups is 1. The van der Waals surface area contributed by atoms with E-state index in [9.17, 15) is 8.42 Å². The van der Waals surface area contributed by atoms with Crippen LogP contribution < -0.4 is 10.0 Å². The van der Waals surface area contributed by atoms with Crippen molar-refractivity contribution in [2.45, 2.75) is 11.4 Å². The lowest BCUT2D eigenvalue weighted by molar-refractivity contribution is 0.597. The Morgan fingerprint density at radius 1 is 1.35 bits per heavy atom. The molecule has 0 radical (unpaired) electrons. The Morgan fingerprint density at radius 3 is 2.94 bits per heavy atom. The molecule has 0 aliphatic carbocycles. The van der Waals surface area contributed by atoms with E-state index < -0.39 is 10.0 Å². The lowest BCUT2D eigenvalue weighted by Gasteiger charge is -2.24. The van der Waals surface area contributed by atoms with Crippen LogP contribution in [0.2, 0.25) is 0 Å². The first-order valence-corrected chi connectivity index (χ1v) is 6.60. The lowest BCUT2D eigenvalue weighted by atomic mass is 10.1. The zero-order chi connectivity index (χ0) is 12.0. The molecule has 0 spiro atoms. The fraction of sp³-hybridized carbons (Fsp3) is 0.200. The third kappa shape index (κ3) is 1.63. The van der Waals surface area contributed by atoms with Gasteiger partial charge in [-0.2, -0.15) is 0 Å². The Balaban J connectivity index is 2.10. The summed E-state index contributed by atoms with van der Waals surface area (Å²) in [6.07, 6.45) is 1.78. The zero-order valence-electron chi connectivity index (χ0n) is 8.87. The van der Waals surface area contributed by atoms with Gasteiger partial charge in [-0.25, -0.2) is 23.5 Å². The number of fused-ring (bicyclic) bond motifs is 3. The van der Waals surface area contributed by atoms with Gasteiger partial charge in [-0.15, -0.1) is 0 Å². The van der Waals surface area contributed by atoms with Gasteiger partial charge in [0.15, 0.2) is 0 Å². The molecule has 17 heavy (non-hydrogen) atoms.